The molecule has 7 nitrogen and oxygen atoms in total. The van der Waals surface area contributed by atoms with E-state index in [1.807, 2.05) is 58.9 Å². The number of benzene rings is 3. The summed E-state index contributed by atoms with van der Waals surface area (Å²) in [5.41, 5.74) is 2.94. The zero-order valence-corrected chi connectivity index (χ0v) is 24.6. The van der Waals surface area contributed by atoms with E-state index in [4.69, 9.17) is 11.6 Å². The SMILES string of the molecule is CC[C@H](C(=O)NC(C)C)N(Cc1cccc(C)c1)C(=O)CN(c1ccccc1Cl)S(=O)(=O)c1ccc(C)cc1. The Labute approximate surface area is 236 Å². The van der Waals surface area contributed by atoms with Crippen LogP contribution in [-0.2, 0) is 26.2 Å². The molecule has 0 aliphatic heterocycles. The topological polar surface area (TPSA) is 86.8 Å². The minimum absolute atomic E-state index is 0.0376. The van der Waals surface area contributed by atoms with Crippen molar-refractivity contribution in [3.05, 3.63) is 94.5 Å². The first-order valence-electron chi connectivity index (χ1n) is 12.9. The Morgan fingerprint density at radius 2 is 1.59 bits per heavy atom. The average Bonchev–Trinajstić information content (AvgIpc) is 2.87. The third kappa shape index (κ3) is 7.61. The monoisotopic (exact) mass is 569 g/mol. The van der Waals surface area contributed by atoms with Crippen molar-refractivity contribution in [1.29, 1.82) is 0 Å². The van der Waals surface area contributed by atoms with Crippen LogP contribution in [0.15, 0.2) is 77.7 Å². The van der Waals surface area contributed by atoms with E-state index in [1.54, 1.807) is 36.4 Å². The van der Waals surface area contributed by atoms with Crippen molar-refractivity contribution in [3.63, 3.8) is 0 Å². The van der Waals surface area contributed by atoms with Crippen LogP contribution in [-0.4, -0.2) is 43.8 Å². The smallest absolute Gasteiger partial charge is 0.264 e. The number of hydrogen-bond acceptors (Lipinski definition) is 4. The second kappa shape index (κ2) is 13.1. The molecule has 3 rings (SSSR count). The number of hydrogen-bond donors (Lipinski definition) is 1. The van der Waals surface area contributed by atoms with Crippen LogP contribution in [0.1, 0.15) is 43.9 Å². The van der Waals surface area contributed by atoms with Gasteiger partial charge in [-0.1, -0.05) is 78.2 Å². The molecule has 208 valence electrons. The first-order chi connectivity index (χ1) is 18.4. The largest absolute Gasteiger partial charge is 0.352 e. The summed E-state index contributed by atoms with van der Waals surface area (Å²) in [6, 6.07) is 19.7. The van der Waals surface area contributed by atoms with E-state index in [0.29, 0.717) is 6.42 Å². The van der Waals surface area contributed by atoms with Gasteiger partial charge in [-0.25, -0.2) is 8.42 Å². The molecule has 0 aromatic heterocycles. The molecule has 2 amide bonds. The summed E-state index contributed by atoms with van der Waals surface area (Å²) >= 11 is 6.45. The van der Waals surface area contributed by atoms with E-state index < -0.39 is 28.5 Å². The highest BCUT2D eigenvalue weighted by atomic mass is 35.5. The molecule has 3 aromatic carbocycles. The Balaban J connectivity index is 2.08. The van der Waals surface area contributed by atoms with Gasteiger partial charge in [0.1, 0.15) is 12.6 Å². The molecule has 0 heterocycles. The minimum atomic E-state index is -4.17. The highest BCUT2D eigenvalue weighted by molar-refractivity contribution is 7.92. The second-order valence-electron chi connectivity index (χ2n) is 9.87. The maximum absolute atomic E-state index is 14.0. The molecule has 0 aliphatic carbocycles. The van der Waals surface area contributed by atoms with Gasteiger partial charge in [-0.15, -0.1) is 0 Å². The van der Waals surface area contributed by atoms with Gasteiger partial charge in [0.25, 0.3) is 10.0 Å². The van der Waals surface area contributed by atoms with Gasteiger partial charge in [0, 0.05) is 12.6 Å². The number of para-hydroxylation sites is 1. The Morgan fingerprint density at radius 3 is 2.18 bits per heavy atom. The summed E-state index contributed by atoms with van der Waals surface area (Å²) in [5.74, 6) is -0.808. The molecule has 0 bridgehead atoms. The molecule has 0 aliphatic rings. The number of amides is 2. The number of anilines is 1. The average molecular weight is 570 g/mol. The number of rotatable bonds is 11. The Hall–Kier alpha value is -3.36. The molecule has 9 heteroatoms. The highest BCUT2D eigenvalue weighted by Crippen LogP contribution is 2.31. The summed E-state index contributed by atoms with van der Waals surface area (Å²) in [6.07, 6.45) is 0.354. The molecular formula is C30H36ClN3O4S. The van der Waals surface area contributed by atoms with Crippen LogP contribution in [0.2, 0.25) is 5.02 Å². The summed E-state index contributed by atoms with van der Waals surface area (Å²) in [6.45, 7) is 8.96. The predicted molar refractivity (Wildman–Crippen MR) is 156 cm³/mol. The van der Waals surface area contributed by atoms with Crippen LogP contribution in [0, 0.1) is 13.8 Å². The van der Waals surface area contributed by atoms with E-state index in [2.05, 4.69) is 5.32 Å². The molecule has 39 heavy (non-hydrogen) atoms. The molecule has 1 N–H and O–H groups in total. The molecule has 0 fully saturated rings. The van der Waals surface area contributed by atoms with Gasteiger partial charge in [0.05, 0.1) is 15.6 Å². The van der Waals surface area contributed by atoms with Crippen molar-refractivity contribution in [2.24, 2.45) is 0 Å². The van der Waals surface area contributed by atoms with Gasteiger partial charge in [-0.2, -0.15) is 0 Å². The number of aryl methyl sites for hydroxylation is 2. The molecule has 0 saturated carbocycles. The third-order valence-corrected chi connectivity index (χ3v) is 8.35. The van der Waals surface area contributed by atoms with Gasteiger partial charge >= 0.3 is 0 Å². The lowest BCUT2D eigenvalue weighted by Crippen LogP contribution is -2.53. The second-order valence-corrected chi connectivity index (χ2v) is 12.1. The molecule has 0 spiro atoms. The molecule has 0 radical (unpaired) electrons. The summed E-state index contributed by atoms with van der Waals surface area (Å²) in [7, 11) is -4.17. The van der Waals surface area contributed by atoms with Crippen LogP contribution in [0.5, 0.6) is 0 Å². The van der Waals surface area contributed by atoms with Crippen molar-refractivity contribution in [2.75, 3.05) is 10.8 Å². The molecule has 3 aromatic rings. The summed E-state index contributed by atoms with van der Waals surface area (Å²) < 4.78 is 28.8. The maximum Gasteiger partial charge on any atom is 0.264 e. The van der Waals surface area contributed by atoms with Crippen molar-refractivity contribution in [3.8, 4) is 0 Å². The van der Waals surface area contributed by atoms with Crippen LogP contribution < -0.4 is 9.62 Å². The fourth-order valence-corrected chi connectivity index (χ4v) is 6.03. The van der Waals surface area contributed by atoms with Crippen LogP contribution in [0.4, 0.5) is 5.69 Å². The zero-order chi connectivity index (χ0) is 28.7. The lowest BCUT2D eigenvalue weighted by Gasteiger charge is -2.33. The molecule has 0 saturated heterocycles. The van der Waals surface area contributed by atoms with E-state index >= 15 is 0 Å². The van der Waals surface area contributed by atoms with Gasteiger partial charge in [-0.05, 0) is 63.9 Å². The van der Waals surface area contributed by atoms with E-state index in [1.165, 1.54) is 17.0 Å². The van der Waals surface area contributed by atoms with Gasteiger partial charge in [-0.3, -0.25) is 13.9 Å². The number of nitrogens with zero attached hydrogens (tertiary/aromatic N) is 2. The summed E-state index contributed by atoms with van der Waals surface area (Å²) in [5, 5.41) is 3.09. The van der Waals surface area contributed by atoms with E-state index in [9.17, 15) is 18.0 Å². The maximum atomic E-state index is 14.0. The number of halogens is 1. The lowest BCUT2D eigenvalue weighted by molar-refractivity contribution is -0.140. The highest BCUT2D eigenvalue weighted by Gasteiger charge is 2.34. The fraction of sp³-hybridized carbons (Fsp3) is 0.333. The van der Waals surface area contributed by atoms with E-state index in [-0.39, 0.29) is 34.1 Å². The van der Waals surface area contributed by atoms with Crippen LogP contribution >= 0.6 is 11.6 Å². The molecule has 1 atom stereocenters. The van der Waals surface area contributed by atoms with Gasteiger partial charge in [0.2, 0.25) is 11.8 Å². The van der Waals surface area contributed by atoms with Gasteiger partial charge in [0.15, 0.2) is 0 Å². The van der Waals surface area contributed by atoms with Gasteiger partial charge < -0.3 is 10.2 Å². The first kappa shape index (κ1) is 30.2. The van der Waals surface area contributed by atoms with Crippen molar-refractivity contribution < 1.29 is 18.0 Å². The molecule has 0 unspecified atom stereocenters. The van der Waals surface area contributed by atoms with Crippen LogP contribution in [0.3, 0.4) is 0 Å². The lowest BCUT2D eigenvalue weighted by atomic mass is 10.1. The van der Waals surface area contributed by atoms with Crippen LogP contribution in [0.25, 0.3) is 0 Å². The molecular weight excluding hydrogens is 534 g/mol. The standard InChI is InChI=1S/C30H36ClN3O4S/c1-6-27(30(36)32-21(2)3)33(19-24-11-9-10-23(5)18-24)29(35)20-34(28-13-8-7-12-26(28)31)39(37,38)25-16-14-22(4)15-17-25/h7-18,21,27H,6,19-20H2,1-5H3,(H,32,36)/t27-/m1/s1. The Morgan fingerprint density at radius 1 is 0.923 bits per heavy atom. The fourth-order valence-electron chi connectivity index (χ4n) is 4.31. The predicted octanol–water partition coefficient (Wildman–Crippen LogP) is 5.48. The van der Waals surface area contributed by atoms with Crippen molar-refractivity contribution in [1.82, 2.24) is 10.2 Å². The van der Waals surface area contributed by atoms with E-state index in [0.717, 1.165) is 21.0 Å². The van der Waals surface area contributed by atoms with Crippen molar-refractivity contribution >= 4 is 39.1 Å². The number of carbonyl (C=O) groups excluding carboxylic acids is 2. The number of carbonyl (C=O) groups is 2. The first-order valence-corrected chi connectivity index (χ1v) is 14.7. The number of sulfonamides is 1. The third-order valence-electron chi connectivity index (χ3n) is 6.26. The number of nitrogens with one attached hydrogen (secondary N) is 1. The normalized spacial score (nSPS) is 12.2. The summed E-state index contributed by atoms with van der Waals surface area (Å²) in [4.78, 5) is 28.7. The minimum Gasteiger partial charge on any atom is -0.352 e. The zero-order valence-electron chi connectivity index (χ0n) is 23.0. The Bertz CT molecular complexity index is 1410. The Kier molecular flexibility index (Phi) is 10.2. The van der Waals surface area contributed by atoms with Crippen molar-refractivity contribution in [2.45, 2.75) is 64.6 Å². The quantitative estimate of drug-likeness (QED) is 0.331.